The van der Waals surface area contributed by atoms with Gasteiger partial charge in [0.25, 0.3) is 0 Å². The van der Waals surface area contributed by atoms with Gasteiger partial charge in [-0.25, -0.2) is 4.39 Å². The van der Waals surface area contributed by atoms with Crippen LogP contribution in [0.4, 0.5) is 10.1 Å². The van der Waals surface area contributed by atoms with Crippen molar-refractivity contribution in [2.45, 2.75) is 25.9 Å². The van der Waals surface area contributed by atoms with Crippen molar-refractivity contribution in [3.63, 3.8) is 0 Å². The number of carbonyl (C=O) groups is 2. The SMILES string of the molecule is CCN1CCC(COc2cc3nccc(Oc4ccc(NC(=O)C(=O)N5CCOC(c6ccccc6)C5)cc4F)c3cc2OC)CC1. The third-order valence-electron chi connectivity index (χ3n) is 8.74. The van der Waals surface area contributed by atoms with Crippen molar-refractivity contribution < 1.29 is 32.9 Å². The van der Waals surface area contributed by atoms with Gasteiger partial charge in [-0.2, -0.15) is 0 Å². The van der Waals surface area contributed by atoms with E-state index in [1.165, 1.54) is 17.0 Å². The highest BCUT2D eigenvalue weighted by molar-refractivity contribution is 6.39. The fourth-order valence-corrected chi connectivity index (χ4v) is 5.98. The Bertz CT molecular complexity index is 1710. The Hall–Kier alpha value is -4.74. The summed E-state index contributed by atoms with van der Waals surface area (Å²) >= 11 is 0. The van der Waals surface area contributed by atoms with Crippen molar-refractivity contribution in [2.24, 2.45) is 5.92 Å². The number of nitrogens with zero attached hydrogens (tertiary/aromatic N) is 3. The lowest BCUT2D eigenvalue weighted by Crippen LogP contribution is -2.46. The number of piperidine rings is 1. The Labute approximate surface area is 273 Å². The number of methoxy groups -OCH3 is 1. The summed E-state index contributed by atoms with van der Waals surface area (Å²) in [5, 5.41) is 3.13. The third-order valence-corrected chi connectivity index (χ3v) is 8.74. The Morgan fingerprint density at radius 1 is 0.979 bits per heavy atom. The normalized spacial score (nSPS) is 17.3. The molecule has 0 saturated carbocycles. The average Bonchev–Trinajstić information content (AvgIpc) is 3.11. The van der Waals surface area contributed by atoms with Crippen LogP contribution in [0.1, 0.15) is 31.4 Å². The van der Waals surface area contributed by atoms with Crippen molar-refractivity contribution in [3.05, 3.63) is 84.3 Å². The minimum atomic E-state index is -0.858. The number of hydrogen-bond donors (Lipinski definition) is 1. The molecule has 3 heterocycles. The van der Waals surface area contributed by atoms with Crippen LogP contribution in [0.15, 0.2) is 72.9 Å². The predicted molar refractivity (Wildman–Crippen MR) is 175 cm³/mol. The molecule has 1 atom stereocenters. The molecule has 2 fully saturated rings. The highest BCUT2D eigenvalue weighted by atomic mass is 19.1. The molecule has 10 nitrogen and oxygen atoms in total. The number of benzene rings is 3. The molecule has 47 heavy (non-hydrogen) atoms. The molecule has 0 bridgehead atoms. The van der Waals surface area contributed by atoms with E-state index in [4.69, 9.17) is 18.9 Å². The predicted octanol–water partition coefficient (Wildman–Crippen LogP) is 5.82. The molecule has 1 unspecified atom stereocenters. The number of aromatic nitrogens is 1. The molecule has 1 N–H and O–H groups in total. The van der Waals surface area contributed by atoms with Crippen LogP contribution in [0.2, 0.25) is 0 Å². The van der Waals surface area contributed by atoms with Gasteiger partial charge in [-0.1, -0.05) is 37.3 Å². The monoisotopic (exact) mass is 642 g/mol. The van der Waals surface area contributed by atoms with Gasteiger partial charge in [0, 0.05) is 35.9 Å². The van der Waals surface area contributed by atoms with Gasteiger partial charge < -0.3 is 34.1 Å². The molecule has 2 amide bonds. The van der Waals surface area contributed by atoms with E-state index < -0.39 is 17.6 Å². The van der Waals surface area contributed by atoms with Crippen molar-refractivity contribution in [2.75, 3.05) is 58.4 Å². The summed E-state index contributed by atoms with van der Waals surface area (Å²) in [4.78, 5) is 34.1. The van der Waals surface area contributed by atoms with E-state index in [1.54, 1.807) is 25.4 Å². The molecule has 6 rings (SSSR count). The minimum absolute atomic E-state index is 0.0570. The first kappa shape index (κ1) is 32.2. The molecule has 2 saturated heterocycles. The van der Waals surface area contributed by atoms with Crippen LogP contribution in [0.5, 0.6) is 23.0 Å². The van der Waals surface area contributed by atoms with Crippen LogP contribution in [-0.4, -0.2) is 79.6 Å². The Morgan fingerprint density at radius 3 is 2.53 bits per heavy atom. The third kappa shape index (κ3) is 7.64. The summed E-state index contributed by atoms with van der Waals surface area (Å²) in [6.45, 7) is 6.84. The van der Waals surface area contributed by atoms with Crippen LogP contribution < -0.4 is 19.5 Å². The highest BCUT2D eigenvalue weighted by Crippen LogP contribution is 2.38. The number of carbonyl (C=O) groups excluding carboxylic acids is 2. The second-order valence-corrected chi connectivity index (χ2v) is 11.7. The van der Waals surface area contributed by atoms with Gasteiger partial charge in [0.15, 0.2) is 23.1 Å². The number of anilines is 1. The van der Waals surface area contributed by atoms with Crippen LogP contribution in [0.25, 0.3) is 10.9 Å². The van der Waals surface area contributed by atoms with E-state index in [2.05, 4.69) is 22.1 Å². The maximum Gasteiger partial charge on any atom is 0.313 e. The van der Waals surface area contributed by atoms with E-state index >= 15 is 4.39 Å². The van der Waals surface area contributed by atoms with Crippen molar-refractivity contribution in [1.82, 2.24) is 14.8 Å². The topological polar surface area (TPSA) is 102 Å². The first-order valence-electron chi connectivity index (χ1n) is 16.0. The van der Waals surface area contributed by atoms with Gasteiger partial charge in [0.1, 0.15) is 11.9 Å². The van der Waals surface area contributed by atoms with E-state index in [-0.39, 0.29) is 30.6 Å². The Morgan fingerprint density at radius 2 is 1.79 bits per heavy atom. The minimum Gasteiger partial charge on any atom is -0.493 e. The zero-order valence-corrected chi connectivity index (χ0v) is 26.6. The van der Waals surface area contributed by atoms with Crippen molar-refractivity contribution >= 4 is 28.4 Å². The second kappa shape index (κ2) is 14.8. The number of morpholine rings is 1. The number of halogens is 1. The standard InChI is InChI=1S/C36H39FN4O6/c1-3-40-15-12-24(13-16-40)23-46-33-21-29-27(20-32(33)44-2)30(11-14-38-29)47-31-10-9-26(19-28(31)37)39-35(42)36(43)41-17-18-45-34(22-41)25-7-5-4-6-8-25/h4-11,14,19-21,24,34H,3,12-13,15-18,22-23H2,1-2H3,(H,39,42). The van der Waals surface area contributed by atoms with E-state index in [9.17, 15) is 9.59 Å². The molecule has 0 radical (unpaired) electrons. The number of nitrogens with one attached hydrogen (secondary N) is 1. The zero-order chi connectivity index (χ0) is 32.8. The summed E-state index contributed by atoms with van der Waals surface area (Å²) in [6, 6.07) is 18.8. The number of pyridine rings is 1. The summed E-state index contributed by atoms with van der Waals surface area (Å²) < 4.78 is 38.9. The lowest BCUT2D eigenvalue weighted by atomic mass is 9.98. The van der Waals surface area contributed by atoms with Crippen LogP contribution >= 0.6 is 0 Å². The summed E-state index contributed by atoms with van der Waals surface area (Å²) in [6.07, 6.45) is 3.44. The summed E-state index contributed by atoms with van der Waals surface area (Å²) in [7, 11) is 1.57. The van der Waals surface area contributed by atoms with Gasteiger partial charge in [-0.05, 0) is 68.2 Å². The first-order chi connectivity index (χ1) is 22.9. The van der Waals surface area contributed by atoms with Gasteiger partial charge in [0.2, 0.25) is 0 Å². The molecule has 11 heteroatoms. The molecule has 0 spiro atoms. The quantitative estimate of drug-likeness (QED) is 0.228. The Balaban J connectivity index is 1.10. The van der Waals surface area contributed by atoms with E-state index in [1.807, 2.05) is 36.4 Å². The van der Waals surface area contributed by atoms with E-state index in [0.29, 0.717) is 47.3 Å². The van der Waals surface area contributed by atoms with E-state index in [0.717, 1.165) is 44.1 Å². The van der Waals surface area contributed by atoms with Crippen LogP contribution in [0.3, 0.4) is 0 Å². The molecule has 3 aromatic carbocycles. The molecule has 4 aromatic rings. The number of rotatable bonds is 9. The Kier molecular flexibility index (Phi) is 10.1. The van der Waals surface area contributed by atoms with Crippen LogP contribution in [-0.2, 0) is 14.3 Å². The maximum absolute atomic E-state index is 15.3. The molecular weight excluding hydrogens is 603 g/mol. The van der Waals surface area contributed by atoms with Gasteiger partial charge >= 0.3 is 11.8 Å². The molecule has 0 aliphatic carbocycles. The summed E-state index contributed by atoms with van der Waals surface area (Å²) in [5.41, 5.74) is 1.67. The molecule has 246 valence electrons. The largest absolute Gasteiger partial charge is 0.493 e. The van der Waals surface area contributed by atoms with Crippen molar-refractivity contribution in [3.8, 4) is 23.0 Å². The van der Waals surface area contributed by atoms with Gasteiger partial charge in [-0.3, -0.25) is 14.6 Å². The average molecular weight is 643 g/mol. The molecule has 1 aromatic heterocycles. The number of hydrogen-bond acceptors (Lipinski definition) is 8. The van der Waals surface area contributed by atoms with Gasteiger partial charge in [-0.15, -0.1) is 0 Å². The zero-order valence-electron chi connectivity index (χ0n) is 26.6. The smallest absolute Gasteiger partial charge is 0.313 e. The number of fused-ring (bicyclic) bond motifs is 1. The van der Waals surface area contributed by atoms with Crippen molar-refractivity contribution in [1.29, 1.82) is 0 Å². The number of amides is 2. The van der Waals surface area contributed by atoms with Crippen LogP contribution in [0, 0.1) is 11.7 Å². The highest BCUT2D eigenvalue weighted by Gasteiger charge is 2.29. The lowest BCUT2D eigenvalue weighted by molar-refractivity contribution is -0.148. The summed E-state index contributed by atoms with van der Waals surface area (Å²) in [5.74, 6) is -0.369. The fraction of sp³-hybridized carbons (Fsp3) is 0.361. The lowest BCUT2D eigenvalue weighted by Gasteiger charge is -2.32. The maximum atomic E-state index is 15.3. The fourth-order valence-electron chi connectivity index (χ4n) is 5.98. The number of likely N-dealkylation sites (tertiary alicyclic amines) is 1. The second-order valence-electron chi connectivity index (χ2n) is 11.7. The molecular formula is C36H39FN4O6. The first-order valence-corrected chi connectivity index (χ1v) is 16.0. The van der Waals surface area contributed by atoms with Gasteiger partial charge in [0.05, 0.1) is 32.4 Å². The number of ether oxygens (including phenoxy) is 4. The molecule has 2 aliphatic rings. The molecule has 2 aliphatic heterocycles.